The Morgan fingerprint density at radius 2 is 0.804 bits per heavy atom. The SMILES string of the molecule is c1ccc(-c2ccc(-c3nc(-c4cccc(-c5cc6sc7ccccc7c6c(-c6ccc(-c7ccccc7)cc6)n5)c4)c4c(n3)sc3ccccc34)cc2)cc1. The Bertz CT molecular complexity index is 3220. The Hall–Kier alpha value is -6.79. The molecule has 0 spiro atoms. The molecule has 0 atom stereocenters. The third kappa shape index (κ3) is 5.68. The molecule has 11 rings (SSSR count). The summed E-state index contributed by atoms with van der Waals surface area (Å²) in [6, 6.07) is 66.6. The first-order valence-electron chi connectivity index (χ1n) is 18.7. The number of hydrogen-bond donors (Lipinski definition) is 0. The number of rotatable bonds is 6. The fourth-order valence-corrected chi connectivity index (χ4v) is 10.00. The predicted molar refractivity (Wildman–Crippen MR) is 238 cm³/mol. The largest absolute Gasteiger partial charge is 0.247 e. The maximum Gasteiger partial charge on any atom is 0.161 e. The van der Waals surface area contributed by atoms with Crippen molar-refractivity contribution in [3.8, 4) is 67.4 Å². The van der Waals surface area contributed by atoms with Crippen LogP contribution in [0.1, 0.15) is 0 Å². The van der Waals surface area contributed by atoms with E-state index in [2.05, 4.69) is 182 Å². The van der Waals surface area contributed by atoms with Crippen molar-refractivity contribution in [3.05, 3.63) is 188 Å². The van der Waals surface area contributed by atoms with E-state index in [-0.39, 0.29) is 0 Å². The number of nitrogens with zero attached hydrogens (tertiary/aromatic N) is 3. The van der Waals surface area contributed by atoms with Crippen LogP contribution < -0.4 is 0 Å². The number of aromatic nitrogens is 3. The van der Waals surface area contributed by atoms with Gasteiger partial charge in [-0.2, -0.15) is 0 Å². The molecular formula is C51H31N3S2. The van der Waals surface area contributed by atoms with Gasteiger partial charge >= 0.3 is 0 Å². The molecule has 11 aromatic rings. The summed E-state index contributed by atoms with van der Waals surface area (Å²) in [6.07, 6.45) is 0. The predicted octanol–water partition coefficient (Wildman–Crippen LogP) is 14.6. The Labute approximate surface area is 331 Å². The quantitative estimate of drug-likeness (QED) is 0.170. The average molecular weight is 750 g/mol. The monoisotopic (exact) mass is 749 g/mol. The zero-order valence-corrected chi connectivity index (χ0v) is 31.7. The summed E-state index contributed by atoms with van der Waals surface area (Å²) < 4.78 is 3.68. The molecule has 0 saturated heterocycles. The lowest BCUT2D eigenvalue weighted by Gasteiger charge is -2.12. The summed E-state index contributed by atoms with van der Waals surface area (Å²) in [4.78, 5) is 17.0. The highest BCUT2D eigenvalue weighted by atomic mass is 32.1. The molecule has 5 heteroatoms. The lowest BCUT2D eigenvalue weighted by molar-refractivity contribution is 1.24. The van der Waals surface area contributed by atoms with Crippen molar-refractivity contribution in [3.63, 3.8) is 0 Å². The third-order valence-electron chi connectivity index (χ3n) is 10.5. The number of benzene rings is 7. The van der Waals surface area contributed by atoms with Crippen molar-refractivity contribution in [2.45, 2.75) is 0 Å². The number of thiophene rings is 2. The van der Waals surface area contributed by atoms with Crippen molar-refractivity contribution < 1.29 is 0 Å². The topological polar surface area (TPSA) is 38.7 Å². The summed E-state index contributed by atoms with van der Waals surface area (Å²) in [5.74, 6) is 0.718. The molecule has 0 unspecified atom stereocenters. The van der Waals surface area contributed by atoms with E-state index < -0.39 is 0 Å². The van der Waals surface area contributed by atoms with Crippen LogP contribution in [0.3, 0.4) is 0 Å². The van der Waals surface area contributed by atoms with Crippen LogP contribution in [0.4, 0.5) is 0 Å². The van der Waals surface area contributed by atoms with Gasteiger partial charge in [0.1, 0.15) is 4.83 Å². The fourth-order valence-electron chi connectivity index (χ4n) is 7.78. The lowest BCUT2D eigenvalue weighted by Crippen LogP contribution is -1.95. The second-order valence-corrected chi connectivity index (χ2v) is 16.1. The Morgan fingerprint density at radius 3 is 1.48 bits per heavy atom. The van der Waals surface area contributed by atoms with Crippen LogP contribution in [0.25, 0.3) is 108 Å². The van der Waals surface area contributed by atoms with E-state index in [1.807, 2.05) is 17.4 Å². The number of hydrogen-bond acceptors (Lipinski definition) is 5. The van der Waals surface area contributed by atoms with Crippen LogP contribution in [-0.4, -0.2) is 15.0 Å². The van der Waals surface area contributed by atoms with E-state index >= 15 is 0 Å². The second-order valence-electron chi connectivity index (χ2n) is 14.0. The molecule has 0 bridgehead atoms. The van der Waals surface area contributed by atoms with Gasteiger partial charge in [0.2, 0.25) is 0 Å². The van der Waals surface area contributed by atoms with Crippen molar-refractivity contribution in [2.75, 3.05) is 0 Å². The van der Waals surface area contributed by atoms with Gasteiger partial charge in [0.05, 0.1) is 17.1 Å². The highest BCUT2D eigenvalue weighted by Crippen LogP contribution is 2.43. The molecule has 0 saturated carbocycles. The smallest absolute Gasteiger partial charge is 0.161 e. The Balaban J connectivity index is 1.07. The molecule has 4 heterocycles. The van der Waals surface area contributed by atoms with Gasteiger partial charge in [0.15, 0.2) is 5.82 Å². The van der Waals surface area contributed by atoms with E-state index in [1.165, 1.54) is 52.5 Å². The van der Waals surface area contributed by atoms with Crippen molar-refractivity contribution in [1.29, 1.82) is 0 Å². The molecule has 4 aromatic heterocycles. The maximum atomic E-state index is 5.48. The van der Waals surface area contributed by atoms with Gasteiger partial charge in [-0.3, -0.25) is 0 Å². The lowest BCUT2D eigenvalue weighted by atomic mass is 9.98. The van der Waals surface area contributed by atoms with Gasteiger partial charge in [0.25, 0.3) is 0 Å². The summed E-state index contributed by atoms with van der Waals surface area (Å²) in [7, 11) is 0. The molecule has 0 aliphatic carbocycles. The van der Waals surface area contributed by atoms with E-state index in [4.69, 9.17) is 15.0 Å². The summed E-state index contributed by atoms with van der Waals surface area (Å²) in [5.41, 5.74) is 11.8. The van der Waals surface area contributed by atoms with Crippen LogP contribution in [-0.2, 0) is 0 Å². The molecule has 0 radical (unpaired) electrons. The maximum absolute atomic E-state index is 5.48. The van der Waals surface area contributed by atoms with Gasteiger partial charge in [-0.05, 0) is 46.5 Å². The summed E-state index contributed by atoms with van der Waals surface area (Å²) in [5, 5.41) is 4.69. The second kappa shape index (κ2) is 13.5. The van der Waals surface area contributed by atoms with Gasteiger partial charge < -0.3 is 0 Å². The summed E-state index contributed by atoms with van der Waals surface area (Å²) in [6.45, 7) is 0. The number of pyridine rings is 1. The van der Waals surface area contributed by atoms with E-state index in [0.717, 1.165) is 55.4 Å². The van der Waals surface area contributed by atoms with E-state index in [0.29, 0.717) is 0 Å². The minimum absolute atomic E-state index is 0.718. The molecular weight excluding hydrogens is 719 g/mol. The van der Waals surface area contributed by atoms with Crippen LogP contribution in [0.5, 0.6) is 0 Å². The van der Waals surface area contributed by atoms with E-state index in [9.17, 15) is 0 Å². The van der Waals surface area contributed by atoms with Gasteiger partial charge in [-0.25, -0.2) is 15.0 Å². The minimum Gasteiger partial charge on any atom is -0.247 e. The Morgan fingerprint density at radius 1 is 0.304 bits per heavy atom. The van der Waals surface area contributed by atoms with Crippen LogP contribution in [0.2, 0.25) is 0 Å². The fraction of sp³-hybridized carbons (Fsp3) is 0. The van der Waals surface area contributed by atoms with Crippen LogP contribution >= 0.6 is 22.7 Å². The molecule has 56 heavy (non-hydrogen) atoms. The minimum atomic E-state index is 0.718. The van der Waals surface area contributed by atoms with Crippen molar-refractivity contribution >= 4 is 63.1 Å². The molecule has 0 fully saturated rings. The highest BCUT2D eigenvalue weighted by molar-refractivity contribution is 7.26. The van der Waals surface area contributed by atoms with E-state index in [1.54, 1.807) is 11.3 Å². The molecule has 7 aromatic carbocycles. The zero-order valence-electron chi connectivity index (χ0n) is 30.1. The molecule has 0 aliphatic heterocycles. The first kappa shape index (κ1) is 32.6. The van der Waals surface area contributed by atoms with Crippen molar-refractivity contribution in [2.24, 2.45) is 0 Å². The van der Waals surface area contributed by atoms with Gasteiger partial charge in [0, 0.05) is 57.9 Å². The molecule has 0 N–H and O–H groups in total. The van der Waals surface area contributed by atoms with Crippen molar-refractivity contribution in [1.82, 2.24) is 15.0 Å². The highest BCUT2D eigenvalue weighted by Gasteiger charge is 2.19. The molecule has 3 nitrogen and oxygen atoms in total. The molecule has 0 amide bonds. The molecule has 262 valence electrons. The van der Waals surface area contributed by atoms with Crippen LogP contribution in [0.15, 0.2) is 188 Å². The zero-order chi connectivity index (χ0) is 37.0. The van der Waals surface area contributed by atoms with Gasteiger partial charge in [-0.15, -0.1) is 22.7 Å². The summed E-state index contributed by atoms with van der Waals surface area (Å²) >= 11 is 3.54. The third-order valence-corrected chi connectivity index (χ3v) is 12.7. The first-order chi connectivity index (χ1) is 27.7. The normalized spacial score (nSPS) is 11.6. The Kier molecular flexibility index (Phi) is 7.87. The first-order valence-corrected chi connectivity index (χ1v) is 20.3. The number of fused-ring (bicyclic) bond motifs is 6. The average Bonchev–Trinajstić information content (AvgIpc) is 3.85. The standard InChI is InChI=1S/C51H31N3S2/c1-3-12-32(13-4-1)34-22-26-36(27-23-34)48-46-40-18-7-9-20-43(40)55-45(46)31-42(52-48)38-16-11-17-39(30-38)49-47-41-19-8-10-21-44(41)56-51(47)54-50(53-49)37-28-24-35(25-29-37)33-14-5-2-6-15-33/h1-31H. The van der Waals surface area contributed by atoms with Crippen LogP contribution in [0, 0.1) is 0 Å². The van der Waals surface area contributed by atoms with Gasteiger partial charge in [-0.1, -0.05) is 164 Å². The molecule has 0 aliphatic rings.